The Morgan fingerprint density at radius 2 is 2.27 bits per heavy atom. The summed E-state index contributed by atoms with van der Waals surface area (Å²) in [5.41, 5.74) is 0. The van der Waals surface area contributed by atoms with Crippen LogP contribution >= 0.6 is 0 Å². The molecule has 0 aromatic carbocycles. The van der Waals surface area contributed by atoms with Gasteiger partial charge in [-0.05, 0) is 25.3 Å². The molecule has 3 nitrogen and oxygen atoms in total. The summed E-state index contributed by atoms with van der Waals surface area (Å²) in [4.78, 5) is 13.0. The van der Waals surface area contributed by atoms with Gasteiger partial charge in [0.2, 0.25) is 0 Å². The van der Waals surface area contributed by atoms with Crippen LogP contribution in [0.1, 0.15) is 12.8 Å². The van der Waals surface area contributed by atoms with E-state index in [4.69, 9.17) is 5.11 Å². The zero-order chi connectivity index (χ0) is 7.84. The Morgan fingerprint density at radius 3 is 2.91 bits per heavy atom. The lowest BCUT2D eigenvalue weighted by molar-refractivity contribution is -0.142. The molecule has 0 radical (unpaired) electrons. The fraction of sp³-hybridized carbons (Fsp3) is 0.875. The second-order valence-corrected chi connectivity index (χ2v) is 3.61. The van der Waals surface area contributed by atoms with E-state index in [1.807, 2.05) is 0 Å². The van der Waals surface area contributed by atoms with Crippen molar-refractivity contribution < 1.29 is 9.90 Å². The van der Waals surface area contributed by atoms with Crippen LogP contribution in [0.4, 0.5) is 0 Å². The lowest BCUT2D eigenvalue weighted by Crippen LogP contribution is -2.25. The zero-order valence-electron chi connectivity index (χ0n) is 6.49. The molecule has 2 heterocycles. The lowest BCUT2D eigenvalue weighted by atomic mass is 9.91. The SMILES string of the molecule is O=C(O)[C@@H]1CN2CCC[C@@H]1C2. The van der Waals surface area contributed by atoms with Crippen LogP contribution in [0.5, 0.6) is 0 Å². The number of aliphatic carboxylic acids is 1. The van der Waals surface area contributed by atoms with Crippen LogP contribution in [0.3, 0.4) is 0 Å². The van der Waals surface area contributed by atoms with Crippen LogP contribution in [0.2, 0.25) is 0 Å². The monoisotopic (exact) mass is 155 g/mol. The molecule has 2 bridgehead atoms. The first-order chi connectivity index (χ1) is 5.27. The highest BCUT2D eigenvalue weighted by molar-refractivity contribution is 5.71. The highest BCUT2D eigenvalue weighted by Gasteiger charge is 2.39. The predicted molar refractivity (Wildman–Crippen MR) is 40.3 cm³/mol. The third kappa shape index (κ3) is 1.13. The van der Waals surface area contributed by atoms with E-state index < -0.39 is 5.97 Å². The minimum absolute atomic E-state index is 0.0718. The van der Waals surface area contributed by atoms with Gasteiger partial charge in [0.05, 0.1) is 5.92 Å². The van der Waals surface area contributed by atoms with Crippen molar-refractivity contribution in [3.63, 3.8) is 0 Å². The molecule has 3 heteroatoms. The van der Waals surface area contributed by atoms with Crippen molar-refractivity contribution in [1.29, 1.82) is 0 Å². The van der Waals surface area contributed by atoms with Gasteiger partial charge in [-0.3, -0.25) is 4.79 Å². The normalized spacial score (nSPS) is 42.4. The number of fused-ring (bicyclic) bond motifs is 2. The van der Waals surface area contributed by atoms with Crippen molar-refractivity contribution in [1.82, 2.24) is 4.90 Å². The smallest absolute Gasteiger partial charge is 0.308 e. The van der Waals surface area contributed by atoms with E-state index in [1.165, 1.54) is 6.42 Å². The van der Waals surface area contributed by atoms with Crippen LogP contribution in [-0.4, -0.2) is 35.6 Å². The number of hydrogen-bond donors (Lipinski definition) is 1. The number of piperidine rings is 1. The molecule has 0 aromatic rings. The van der Waals surface area contributed by atoms with E-state index in [1.54, 1.807) is 0 Å². The van der Waals surface area contributed by atoms with Gasteiger partial charge in [0.15, 0.2) is 0 Å². The van der Waals surface area contributed by atoms with E-state index in [-0.39, 0.29) is 5.92 Å². The van der Waals surface area contributed by atoms with Gasteiger partial charge in [-0.2, -0.15) is 0 Å². The summed E-state index contributed by atoms with van der Waals surface area (Å²) in [5, 5.41) is 8.83. The molecule has 11 heavy (non-hydrogen) atoms. The molecule has 0 aliphatic carbocycles. The van der Waals surface area contributed by atoms with Crippen molar-refractivity contribution in [2.75, 3.05) is 19.6 Å². The van der Waals surface area contributed by atoms with Gasteiger partial charge in [0.1, 0.15) is 0 Å². The molecule has 2 saturated heterocycles. The maximum atomic E-state index is 10.7. The molecule has 2 rings (SSSR count). The Labute approximate surface area is 66.0 Å². The van der Waals surface area contributed by atoms with Gasteiger partial charge in [-0.25, -0.2) is 0 Å². The second kappa shape index (κ2) is 2.48. The van der Waals surface area contributed by atoms with Crippen molar-refractivity contribution in [2.24, 2.45) is 11.8 Å². The summed E-state index contributed by atoms with van der Waals surface area (Å²) in [5.74, 6) is -0.224. The average Bonchev–Trinajstić information content (AvgIpc) is 2.27. The minimum Gasteiger partial charge on any atom is -0.481 e. The first kappa shape index (κ1) is 7.10. The Bertz CT molecular complexity index is 181. The number of carboxylic acids is 1. The van der Waals surface area contributed by atoms with Crippen LogP contribution < -0.4 is 0 Å². The van der Waals surface area contributed by atoms with Crippen molar-refractivity contribution in [3.05, 3.63) is 0 Å². The summed E-state index contributed by atoms with van der Waals surface area (Å²) >= 11 is 0. The molecule has 2 aliphatic heterocycles. The Kier molecular flexibility index (Phi) is 1.60. The first-order valence-electron chi connectivity index (χ1n) is 4.22. The molecular weight excluding hydrogens is 142 g/mol. The maximum absolute atomic E-state index is 10.7. The molecule has 0 spiro atoms. The molecule has 0 saturated carbocycles. The Balaban J connectivity index is 2.08. The summed E-state index contributed by atoms with van der Waals surface area (Å²) in [6.45, 7) is 2.93. The third-order valence-corrected chi connectivity index (χ3v) is 2.88. The lowest BCUT2D eigenvalue weighted by Gasteiger charge is -2.21. The summed E-state index contributed by atoms with van der Waals surface area (Å²) in [6, 6.07) is 0. The zero-order valence-corrected chi connectivity index (χ0v) is 6.49. The van der Waals surface area contributed by atoms with Crippen LogP contribution in [0.25, 0.3) is 0 Å². The minimum atomic E-state index is -0.598. The number of hydrogen-bond acceptors (Lipinski definition) is 2. The molecule has 3 atom stereocenters. The third-order valence-electron chi connectivity index (χ3n) is 2.88. The van der Waals surface area contributed by atoms with Gasteiger partial charge in [0, 0.05) is 13.1 Å². The largest absolute Gasteiger partial charge is 0.481 e. The molecular formula is C8H13NO2. The molecule has 0 aromatic heterocycles. The maximum Gasteiger partial charge on any atom is 0.308 e. The number of carbonyl (C=O) groups is 1. The standard InChI is InChI=1S/C8H13NO2/c10-8(11)7-5-9-3-1-2-6(7)4-9/h6-7H,1-5H2,(H,10,11)/t6-,7-/m1/s1. The van der Waals surface area contributed by atoms with Crippen LogP contribution in [-0.2, 0) is 4.79 Å². The van der Waals surface area contributed by atoms with Gasteiger partial charge in [0.25, 0.3) is 0 Å². The summed E-state index contributed by atoms with van der Waals surface area (Å²) < 4.78 is 0. The van der Waals surface area contributed by atoms with Gasteiger partial charge < -0.3 is 10.0 Å². The highest BCUT2D eigenvalue weighted by Crippen LogP contribution is 2.31. The molecule has 2 fully saturated rings. The van der Waals surface area contributed by atoms with E-state index in [0.717, 1.165) is 26.1 Å². The van der Waals surface area contributed by atoms with E-state index >= 15 is 0 Å². The van der Waals surface area contributed by atoms with Crippen LogP contribution in [0, 0.1) is 11.8 Å². The molecule has 2 aliphatic rings. The molecule has 0 amide bonds. The van der Waals surface area contributed by atoms with Crippen molar-refractivity contribution in [2.45, 2.75) is 12.8 Å². The summed E-state index contributed by atoms with van der Waals surface area (Å²) in [6.07, 6.45) is 2.31. The predicted octanol–water partition coefficient (Wildman–Crippen LogP) is 0.413. The van der Waals surface area contributed by atoms with Gasteiger partial charge in [-0.1, -0.05) is 0 Å². The highest BCUT2D eigenvalue weighted by atomic mass is 16.4. The molecule has 62 valence electrons. The fourth-order valence-electron chi connectivity index (χ4n) is 2.29. The van der Waals surface area contributed by atoms with Crippen molar-refractivity contribution in [3.8, 4) is 0 Å². The number of nitrogens with zero attached hydrogens (tertiary/aromatic N) is 1. The van der Waals surface area contributed by atoms with Gasteiger partial charge >= 0.3 is 5.97 Å². The van der Waals surface area contributed by atoms with Crippen molar-refractivity contribution >= 4 is 5.97 Å². The first-order valence-corrected chi connectivity index (χ1v) is 4.22. The van der Waals surface area contributed by atoms with E-state index in [9.17, 15) is 4.79 Å². The van der Waals surface area contributed by atoms with Gasteiger partial charge in [-0.15, -0.1) is 0 Å². The second-order valence-electron chi connectivity index (χ2n) is 3.61. The Hall–Kier alpha value is -0.570. The fourth-order valence-corrected chi connectivity index (χ4v) is 2.29. The average molecular weight is 155 g/mol. The van der Waals surface area contributed by atoms with E-state index in [2.05, 4.69) is 4.90 Å². The molecule has 1 N–H and O–H groups in total. The molecule has 1 unspecified atom stereocenters. The summed E-state index contributed by atoms with van der Waals surface area (Å²) in [7, 11) is 0. The van der Waals surface area contributed by atoms with E-state index in [0.29, 0.717) is 5.92 Å². The number of carboxylic acid groups (broad SMARTS) is 1. The Morgan fingerprint density at radius 1 is 1.45 bits per heavy atom. The quantitative estimate of drug-likeness (QED) is 0.596. The topological polar surface area (TPSA) is 40.5 Å². The number of rotatable bonds is 1. The van der Waals surface area contributed by atoms with Crippen LogP contribution in [0.15, 0.2) is 0 Å².